The van der Waals surface area contributed by atoms with Gasteiger partial charge in [-0.15, -0.1) is 0 Å². The van der Waals surface area contributed by atoms with Gasteiger partial charge in [0.25, 0.3) is 0 Å². The second-order valence-electron chi connectivity index (χ2n) is 10.4. The molecule has 6 nitrogen and oxygen atoms in total. The summed E-state index contributed by atoms with van der Waals surface area (Å²) in [5.74, 6) is 0.713. The van der Waals surface area contributed by atoms with Crippen molar-refractivity contribution in [3.05, 3.63) is 89.7 Å². The Morgan fingerprint density at radius 3 is 2.19 bits per heavy atom. The predicted octanol–water partition coefficient (Wildman–Crippen LogP) is 4.93. The molecule has 1 N–H and O–H groups in total. The van der Waals surface area contributed by atoms with Gasteiger partial charge in [-0.25, -0.2) is 4.98 Å². The topological polar surface area (TPSA) is 75.4 Å². The van der Waals surface area contributed by atoms with Gasteiger partial charge in [-0.2, -0.15) is 0 Å². The summed E-state index contributed by atoms with van der Waals surface area (Å²) < 4.78 is 2.03. The van der Waals surface area contributed by atoms with Gasteiger partial charge in [0.05, 0.1) is 17.1 Å². The third-order valence-corrected chi connectivity index (χ3v) is 7.62. The molecule has 1 aliphatic heterocycles. The van der Waals surface area contributed by atoms with E-state index in [4.69, 9.17) is 0 Å². The molecule has 4 aromatic rings. The molecule has 0 spiro atoms. The van der Waals surface area contributed by atoms with E-state index in [0.29, 0.717) is 24.2 Å². The lowest BCUT2D eigenvalue weighted by molar-refractivity contribution is -0.119. The normalized spacial score (nSPS) is 16.3. The van der Waals surface area contributed by atoms with Gasteiger partial charge < -0.3 is 10.0 Å². The first-order valence-electron chi connectivity index (χ1n) is 13.2. The zero-order valence-corrected chi connectivity index (χ0v) is 20.8. The molecule has 188 valence electrons. The van der Waals surface area contributed by atoms with E-state index >= 15 is 0 Å². The Balaban J connectivity index is 1.12. The van der Waals surface area contributed by atoms with Gasteiger partial charge in [-0.3, -0.25) is 14.2 Å². The third-order valence-electron chi connectivity index (χ3n) is 7.62. The summed E-state index contributed by atoms with van der Waals surface area (Å²) in [6.07, 6.45) is 6.09. The molecule has 6 heteroatoms. The fourth-order valence-electron chi connectivity index (χ4n) is 5.17. The number of aromatic nitrogens is 2. The first-order chi connectivity index (χ1) is 18.0. The van der Waals surface area contributed by atoms with Crippen LogP contribution >= 0.6 is 0 Å². The van der Waals surface area contributed by atoms with Crippen LogP contribution in [-0.4, -0.2) is 45.4 Å². The number of anilines is 1. The lowest BCUT2D eigenvalue weighted by atomic mass is 10.0. The smallest absolute Gasteiger partial charge is 0.167 e. The van der Waals surface area contributed by atoms with Crippen molar-refractivity contribution in [1.82, 2.24) is 9.55 Å². The van der Waals surface area contributed by atoms with E-state index < -0.39 is 0 Å². The van der Waals surface area contributed by atoms with Gasteiger partial charge in [0.2, 0.25) is 0 Å². The molecule has 2 heterocycles. The standard InChI is InChI=1S/C31H31N3O3/c35-27-13-15-33(16-14-27)25-10-6-24(7-11-25)31(37)19-22-3-12-29-28(17-22)32-20-34(29)26-8-1-21(2-9-26)18-30(36)23-4-5-23/h1-3,6-12,17,20,23,27,35H,4-5,13-16,18-19H2. The van der Waals surface area contributed by atoms with Crippen molar-refractivity contribution in [3.63, 3.8) is 0 Å². The molecular formula is C31H31N3O3. The zero-order valence-electron chi connectivity index (χ0n) is 20.8. The van der Waals surface area contributed by atoms with Gasteiger partial charge >= 0.3 is 0 Å². The maximum Gasteiger partial charge on any atom is 0.167 e. The fraction of sp³-hybridized carbons (Fsp3) is 0.323. The Kier molecular flexibility index (Phi) is 6.35. The van der Waals surface area contributed by atoms with E-state index in [1.807, 2.05) is 71.3 Å². The van der Waals surface area contributed by atoms with Crippen LogP contribution in [0.25, 0.3) is 16.7 Å². The molecule has 1 aliphatic carbocycles. The van der Waals surface area contributed by atoms with Crippen LogP contribution in [0.3, 0.4) is 0 Å². The van der Waals surface area contributed by atoms with Crippen LogP contribution in [0.1, 0.15) is 47.2 Å². The quantitative estimate of drug-likeness (QED) is 0.352. The maximum atomic E-state index is 13.0. The number of nitrogens with zero attached hydrogens (tertiary/aromatic N) is 3. The van der Waals surface area contributed by atoms with Crippen molar-refractivity contribution in [2.75, 3.05) is 18.0 Å². The van der Waals surface area contributed by atoms with Crippen molar-refractivity contribution in [3.8, 4) is 5.69 Å². The molecule has 2 aliphatic rings. The lowest BCUT2D eigenvalue weighted by Gasteiger charge is -2.31. The molecule has 0 bridgehead atoms. The summed E-state index contributed by atoms with van der Waals surface area (Å²) in [6.45, 7) is 1.68. The van der Waals surface area contributed by atoms with Crippen molar-refractivity contribution in [2.24, 2.45) is 5.92 Å². The van der Waals surface area contributed by atoms with Crippen LogP contribution in [0.4, 0.5) is 5.69 Å². The average Bonchev–Trinajstić information content (AvgIpc) is 3.70. The molecule has 2 fully saturated rings. The highest BCUT2D eigenvalue weighted by Crippen LogP contribution is 2.31. The predicted molar refractivity (Wildman–Crippen MR) is 144 cm³/mol. The van der Waals surface area contributed by atoms with Gasteiger partial charge in [-0.1, -0.05) is 18.2 Å². The summed E-state index contributed by atoms with van der Waals surface area (Å²) in [5, 5.41) is 9.72. The van der Waals surface area contributed by atoms with Crippen LogP contribution in [0.15, 0.2) is 73.1 Å². The van der Waals surface area contributed by atoms with E-state index in [2.05, 4.69) is 9.88 Å². The van der Waals surface area contributed by atoms with Gasteiger partial charge in [0, 0.05) is 48.8 Å². The molecule has 1 saturated carbocycles. The van der Waals surface area contributed by atoms with Crippen LogP contribution in [0.2, 0.25) is 0 Å². The average molecular weight is 494 g/mol. The number of benzene rings is 3. The number of aliphatic hydroxyl groups is 1. The van der Waals surface area contributed by atoms with Crippen molar-refractivity contribution in [2.45, 2.75) is 44.6 Å². The number of hydrogen-bond acceptors (Lipinski definition) is 5. The number of rotatable bonds is 8. The highest BCUT2D eigenvalue weighted by Gasteiger charge is 2.29. The van der Waals surface area contributed by atoms with Crippen LogP contribution in [0, 0.1) is 5.92 Å². The molecule has 37 heavy (non-hydrogen) atoms. The SMILES string of the molecule is O=C(Cc1ccc2c(c1)ncn2-c1ccc(CC(=O)C2CC2)cc1)c1ccc(N2CCC(O)CC2)cc1. The Morgan fingerprint density at radius 2 is 1.49 bits per heavy atom. The highest BCUT2D eigenvalue weighted by molar-refractivity contribution is 5.98. The summed E-state index contributed by atoms with van der Waals surface area (Å²) in [5.41, 5.74) is 6.61. The number of carbonyl (C=O) groups excluding carboxylic acids is 2. The first kappa shape index (κ1) is 23.6. The molecule has 1 aromatic heterocycles. The van der Waals surface area contributed by atoms with E-state index in [1.165, 1.54) is 0 Å². The number of carbonyl (C=O) groups is 2. The van der Waals surface area contributed by atoms with Crippen LogP contribution in [-0.2, 0) is 17.6 Å². The Morgan fingerprint density at radius 1 is 0.811 bits per heavy atom. The van der Waals surface area contributed by atoms with E-state index in [1.54, 1.807) is 6.33 Å². The van der Waals surface area contributed by atoms with E-state index in [-0.39, 0.29) is 17.8 Å². The van der Waals surface area contributed by atoms with Crippen molar-refractivity contribution >= 4 is 28.3 Å². The summed E-state index contributed by atoms with van der Waals surface area (Å²) >= 11 is 0. The van der Waals surface area contributed by atoms with E-state index in [0.717, 1.165) is 72.3 Å². The lowest BCUT2D eigenvalue weighted by Crippen LogP contribution is -2.35. The van der Waals surface area contributed by atoms with Gasteiger partial charge in [-0.05, 0) is 85.3 Å². The Hall–Kier alpha value is -3.77. The molecule has 0 amide bonds. The number of fused-ring (bicyclic) bond motifs is 1. The largest absolute Gasteiger partial charge is 0.393 e. The molecule has 0 atom stereocenters. The minimum Gasteiger partial charge on any atom is -0.393 e. The molecular weight excluding hydrogens is 462 g/mol. The van der Waals surface area contributed by atoms with Gasteiger partial charge in [0.1, 0.15) is 12.1 Å². The number of ketones is 2. The fourth-order valence-corrected chi connectivity index (χ4v) is 5.17. The van der Waals surface area contributed by atoms with Crippen LogP contribution < -0.4 is 4.90 Å². The summed E-state index contributed by atoms with van der Waals surface area (Å²) in [4.78, 5) is 31.9. The van der Waals surface area contributed by atoms with E-state index in [9.17, 15) is 14.7 Å². The Labute approximate surface area is 216 Å². The third kappa shape index (κ3) is 5.20. The number of aliphatic hydroxyl groups excluding tert-OH is 1. The zero-order chi connectivity index (χ0) is 25.4. The molecule has 1 saturated heterocycles. The maximum absolute atomic E-state index is 13.0. The number of piperidine rings is 1. The minimum atomic E-state index is -0.199. The number of Topliss-reactive ketones (excluding diaryl/α,β-unsaturated/α-hetero) is 2. The summed E-state index contributed by atoms with van der Waals surface area (Å²) in [7, 11) is 0. The first-order valence-corrected chi connectivity index (χ1v) is 13.2. The molecule has 0 unspecified atom stereocenters. The summed E-state index contributed by atoms with van der Waals surface area (Å²) in [6, 6.07) is 21.9. The second kappa shape index (κ2) is 9.94. The number of hydrogen-bond donors (Lipinski definition) is 1. The van der Waals surface area contributed by atoms with Crippen molar-refractivity contribution in [1.29, 1.82) is 0 Å². The second-order valence-corrected chi connectivity index (χ2v) is 10.4. The van der Waals surface area contributed by atoms with Crippen LogP contribution in [0.5, 0.6) is 0 Å². The molecule has 3 aromatic carbocycles. The van der Waals surface area contributed by atoms with Crippen molar-refractivity contribution < 1.29 is 14.7 Å². The minimum absolute atomic E-state index is 0.0794. The monoisotopic (exact) mass is 493 g/mol. The molecule has 6 rings (SSSR count). The van der Waals surface area contributed by atoms with Gasteiger partial charge in [0.15, 0.2) is 5.78 Å². The number of imidazole rings is 1. The molecule has 0 radical (unpaired) electrons. The Bertz CT molecular complexity index is 1430. The highest BCUT2D eigenvalue weighted by atomic mass is 16.3.